The summed E-state index contributed by atoms with van der Waals surface area (Å²) in [6.07, 6.45) is 2.15. The molecule has 0 fully saturated rings. The Balaban J connectivity index is 2.33. The first-order chi connectivity index (χ1) is 11.5. The number of nitro groups is 1. The van der Waals surface area contributed by atoms with Gasteiger partial charge in [0.25, 0.3) is 11.6 Å². The molecule has 0 unspecified atom stereocenters. The maximum atomic E-state index is 12.5. The molecule has 0 spiro atoms. The molecule has 0 saturated heterocycles. The van der Waals surface area contributed by atoms with Gasteiger partial charge in [0.05, 0.1) is 10.5 Å². The van der Waals surface area contributed by atoms with Gasteiger partial charge in [-0.15, -0.1) is 0 Å². The smallest absolute Gasteiger partial charge is 0.269 e. The Morgan fingerprint density at radius 3 is 2.58 bits per heavy atom. The fraction of sp³-hybridized carbons (Fsp3) is 0.278. The number of hydrogen-bond acceptors (Lipinski definition) is 4. The first-order valence-corrected chi connectivity index (χ1v) is 7.86. The number of nitro benzene ring substituents is 1. The van der Waals surface area contributed by atoms with Gasteiger partial charge in [0.1, 0.15) is 5.75 Å². The largest absolute Gasteiger partial charge is 0.507 e. The number of rotatable bonds is 6. The minimum absolute atomic E-state index is 0.00715. The Morgan fingerprint density at radius 2 is 1.96 bits per heavy atom. The van der Waals surface area contributed by atoms with Gasteiger partial charge >= 0.3 is 0 Å². The Kier molecular flexibility index (Phi) is 5.52. The maximum absolute atomic E-state index is 12.5. The van der Waals surface area contributed by atoms with E-state index in [2.05, 4.69) is 5.32 Å². The molecule has 24 heavy (non-hydrogen) atoms. The standard InChI is InChI=1S/C18H20N2O4/c1-3-5-13-11-14(20(23)24)7-8-16(13)19-18(22)15-10-12(4-2)6-9-17(15)21/h6-11,21H,3-5H2,1-2H3,(H,19,22). The fourth-order valence-corrected chi connectivity index (χ4v) is 2.47. The molecule has 0 heterocycles. The molecule has 0 aromatic heterocycles. The second kappa shape index (κ2) is 7.59. The van der Waals surface area contributed by atoms with Crippen molar-refractivity contribution >= 4 is 17.3 Å². The van der Waals surface area contributed by atoms with Crippen LogP contribution in [0.25, 0.3) is 0 Å². The fourth-order valence-electron chi connectivity index (χ4n) is 2.47. The Hall–Kier alpha value is -2.89. The van der Waals surface area contributed by atoms with E-state index in [1.165, 1.54) is 24.3 Å². The van der Waals surface area contributed by atoms with Crippen molar-refractivity contribution in [1.82, 2.24) is 0 Å². The zero-order chi connectivity index (χ0) is 17.7. The first-order valence-electron chi connectivity index (χ1n) is 7.86. The lowest BCUT2D eigenvalue weighted by Crippen LogP contribution is -2.14. The van der Waals surface area contributed by atoms with E-state index in [-0.39, 0.29) is 17.0 Å². The third-order valence-corrected chi connectivity index (χ3v) is 3.78. The molecule has 2 aromatic rings. The number of carbonyl (C=O) groups is 1. The van der Waals surface area contributed by atoms with Gasteiger partial charge < -0.3 is 10.4 Å². The minimum atomic E-state index is -0.457. The highest BCUT2D eigenvalue weighted by Gasteiger charge is 2.16. The van der Waals surface area contributed by atoms with Crippen molar-refractivity contribution in [1.29, 1.82) is 0 Å². The topological polar surface area (TPSA) is 92.5 Å². The van der Waals surface area contributed by atoms with Crippen LogP contribution in [0.15, 0.2) is 36.4 Å². The second-order valence-corrected chi connectivity index (χ2v) is 5.51. The van der Waals surface area contributed by atoms with Gasteiger partial charge in [-0.3, -0.25) is 14.9 Å². The summed E-state index contributed by atoms with van der Waals surface area (Å²) in [7, 11) is 0. The predicted octanol–water partition coefficient (Wildman–Crippen LogP) is 4.07. The zero-order valence-corrected chi connectivity index (χ0v) is 13.7. The molecule has 2 N–H and O–H groups in total. The van der Waals surface area contributed by atoms with Gasteiger partial charge in [-0.2, -0.15) is 0 Å². The number of carbonyl (C=O) groups excluding carboxylic acids is 1. The van der Waals surface area contributed by atoms with Crippen LogP contribution in [0, 0.1) is 10.1 Å². The number of amides is 1. The van der Waals surface area contributed by atoms with E-state index in [1.54, 1.807) is 12.1 Å². The highest BCUT2D eigenvalue weighted by molar-refractivity contribution is 6.06. The van der Waals surface area contributed by atoms with Crippen LogP contribution in [-0.4, -0.2) is 15.9 Å². The number of phenolic OH excluding ortho intramolecular Hbond substituents is 1. The van der Waals surface area contributed by atoms with Gasteiger partial charge in [-0.1, -0.05) is 26.3 Å². The molecule has 0 atom stereocenters. The van der Waals surface area contributed by atoms with Crippen LogP contribution in [0.1, 0.15) is 41.8 Å². The Labute approximate surface area is 140 Å². The summed E-state index contributed by atoms with van der Waals surface area (Å²) < 4.78 is 0. The first kappa shape index (κ1) is 17.5. The van der Waals surface area contributed by atoms with Crippen LogP contribution in [0.4, 0.5) is 11.4 Å². The molecule has 6 heteroatoms. The van der Waals surface area contributed by atoms with E-state index in [0.717, 1.165) is 18.4 Å². The lowest BCUT2D eigenvalue weighted by molar-refractivity contribution is -0.384. The molecule has 0 aliphatic heterocycles. The molecule has 0 radical (unpaired) electrons. The summed E-state index contributed by atoms with van der Waals surface area (Å²) in [4.78, 5) is 22.9. The molecule has 0 aliphatic carbocycles. The van der Waals surface area contributed by atoms with Crippen LogP contribution < -0.4 is 5.32 Å². The van der Waals surface area contributed by atoms with Crippen molar-refractivity contribution in [3.63, 3.8) is 0 Å². The second-order valence-electron chi connectivity index (χ2n) is 5.51. The van der Waals surface area contributed by atoms with Gasteiger partial charge in [0, 0.05) is 17.8 Å². The Morgan fingerprint density at radius 1 is 1.21 bits per heavy atom. The predicted molar refractivity (Wildman–Crippen MR) is 92.5 cm³/mol. The SMILES string of the molecule is CCCc1cc([N+](=O)[O-])ccc1NC(=O)c1cc(CC)ccc1O. The lowest BCUT2D eigenvalue weighted by atomic mass is 10.0. The summed E-state index contributed by atoms with van der Waals surface area (Å²) >= 11 is 0. The number of nitrogens with one attached hydrogen (secondary N) is 1. The number of nitrogens with zero attached hydrogens (tertiary/aromatic N) is 1. The number of non-ortho nitro benzene ring substituents is 1. The zero-order valence-electron chi connectivity index (χ0n) is 13.7. The van der Waals surface area contributed by atoms with Crippen molar-refractivity contribution in [3.05, 3.63) is 63.2 Å². The van der Waals surface area contributed by atoms with E-state index in [0.29, 0.717) is 17.7 Å². The van der Waals surface area contributed by atoms with Crippen molar-refractivity contribution < 1.29 is 14.8 Å². The van der Waals surface area contributed by atoms with E-state index in [1.807, 2.05) is 13.8 Å². The van der Waals surface area contributed by atoms with Crippen LogP contribution in [0.5, 0.6) is 5.75 Å². The molecule has 0 aliphatic rings. The van der Waals surface area contributed by atoms with Gasteiger partial charge in [-0.05, 0) is 42.2 Å². The van der Waals surface area contributed by atoms with Crippen molar-refractivity contribution in [2.24, 2.45) is 0 Å². The summed E-state index contributed by atoms with van der Waals surface area (Å²) in [5.74, 6) is -0.530. The van der Waals surface area contributed by atoms with Gasteiger partial charge in [0.15, 0.2) is 0 Å². The molecule has 6 nitrogen and oxygen atoms in total. The summed E-state index contributed by atoms with van der Waals surface area (Å²) in [5, 5.41) is 23.6. The summed E-state index contributed by atoms with van der Waals surface area (Å²) in [6.45, 7) is 3.92. The monoisotopic (exact) mass is 328 g/mol. The average molecular weight is 328 g/mol. The highest BCUT2D eigenvalue weighted by Crippen LogP contribution is 2.26. The Bertz CT molecular complexity index is 772. The molecular formula is C18H20N2O4. The number of benzene rings is 2. The van der Waals surface area contributed by atoms with Crippen LogP contribution >= 0.6 is 0 Å². The number of aromatic hydroxyl groups is 1. The number of phenols is 1. The lowest BCUT2D eigenvalue weighted by Gasteiger charge is -2.12. The number of anilines is 1. The van der Waals surface area contributed by atoms with E-state index in [4.69, 9.17) is 0 Å². The van der Waals surface area contributed by atoms with Crippen LogP contribution in [0.2, 0.25) is 0 Å². The van der Waals surface area contributed by atoms with Gasteiger partial charge in [0.2, 0.25) is 0 Å². The molecular weight excluding hydrogens is 308 g/mol. The molecule has 2 aromatic carbocycles. The minimum Gasteiger partial charge on any atom is -0.507 e. The van der Waals surface area contributed by atoms with Crippen molar-refractivity contribution in [2.75, 3.05) is 5.32 Å². The molecule has 0 bridgehead atoms. The summed E-state index contributed by atoms with van der Waals surface area (Å²) in [5.41, 5.74) is 2.35. The number of hydrogen-bond donors (Lipinski definition) is 2. The third kappa shape index (κ3) is 3.90. The van der Waals surface area contributed by atoms with E-state index >= 15 is 0 Å². The normalized spacial score (nSPS) is 10.4. The van der Waals surface area contributed by atoms with Crippen molar-refractivity contribution in [2.45, 2.75) is 33.1 Å². The van der Waals surface area contributed by atoms with Crippen molar-refractivity contribution in [3.8, 4) is 5.75 Å². The van der Waals surface area contributed by atoms with Gasteiger partial charge in [-0.25, -0.2) is 0 Å². The quantitative estimate of drug-likeness (QED) is 0.617. The average Bonchev–Trinajstić information content (AvgIpc) is 2.56. The summed E-state index contributed by atoms with van der Waals surface area (Å²) in [6, 6.07) is 9.27. The van der Waals surface area contributed by atoms with Crippen LogP contribution in [0.3, 0.4) is 0 Å². The molecule has 2 rings (SSSR count). The number of aryl methyl sites for hydroxylation is 2. The maximum Gasteiger partial charge on any atom is 0.269 e. The molecule has 1 amide bonds. The third-order valence-electron chi connectivity index (χ3n) is 3.78. The van der Waals surface area contributed by atoms with E-state index < -0.39 is 10.8 Å². The highest BCUT2D eigenvalue weighted by atomic mass is 16.6. The molecule has 126 valence electrons. The van der Waals surface area contributed by atoms with E-state index in [9.17, 15) is 20.0 Å². The molecule has 0 saturated carbocycles. The van der Waals surface area contributed by atoms with Crippen LogP contribution in [-0.2, 0) is 12.8 Å².